The number of benzene rings is 1. The number of primary amides is 1. The summed E-state index contributed by atoms with van der Waals surface area (Å²) < 4.78 is 11.8. The van der Waals surface area contributed by atoms with Gasteiger partial charge in [-0.3, -0.25) is 4.79 Å². The molecule has 1 aromatic rings. The van der Waals surface area contributed by atoms with Crippen molar-refractivity contribution < 1.29 is 14.3 Å². The van der Waals surface area contributed by atoms with E-state index >= 15 is 0 Å². The Kier molecular flexibility index (Phi) is 10.2. The second-order valence-corrected chi connectivity index (χ2v) is 5.64. The van der Waals surface area contributed by atoms with Crippen molar-refractivity contribution in [2.24, 2.45) is 5.73 Å². The van der Waals surface area contributed by atoms with Gasteiger partial charge in [0.25, 0.3) is 5.91 Å². The van der Waals surface area contributed by atoms with Gasteiger partial charge < -0.3 is 20.5 Å². The Bertz CT molecular complexity index is 486. The Morgan fingerprint density at radius 2 is 2.05 bits per heavy atom. The van der Waals surface area contributed by atoms with Crippen LogP contribution in [0, 0.1) is 0 Å². The predicted octanol–water partition coefficient (Wildman–Crippen LogP) is 3.02. The van der Waals surface area contributed by atoms with Gasteiger partial charge in [0, 0.05) is 12.6 Å². The number of carbonyl (C=O) groups excluding carboxylic acids is 1. The Morgan fingerprint density at radius 1 is 1.36 bits per heavy atom. The van der Waals surface area contributed by atoms with E-state index in [9.17, 15) is 4.79 Å². The minimum atomic E-state index is -0.521. The first-order valence-corrected chi connectivity index (χ1v) is 7.86. The molecule has 0 fully saturated rings. The van der Waals surface area contributed by atoms with Crippen molar-refractivity contribution in [3.8, 4) is 11.5 Å². The van der Waals surface area contributed by atoms with Crippen LogP contribution in [0.5, 0.6) is 11.5 Å². The number of amides is 1. The van der Waals surface area contributed by atoms with Crippen LogP contribution in [0.15, 0.2) is 16.6 Å². The maximum Gasteiger partial charge on any atom is 0.255 e. The smallest absolute Gasteiger partial charge is 0.255 e. The fourth-order valence-electron chi connectivity index (χ4n) is 1.71. The van der Waals surface area contributed by atoms with Crippen LogP contribution in [0.3, 0.4) is 0 Å². The number of halogens is 2. The van der Waals surface area contributed by atoms with Crippen LogP contribution in [-0.2, 0) is 11.3 Å². The molecule has 1 amide bonds. The molecule has 0 saturated carbocycles. The molecule has 1 unspecified atom stereocenters. The van der Waals surface area contributed by atoms with Gasteiger partial charge in [0.15, 0.2) is 18.1 Å². The second kappa shape index (κ2) is 10.7. The summed E-state index contributed by atoms with van der Waals surface area (Å²) in [6.07, 6.45) is 1.07. The summed E-state index contributed by atoms with van der Waals surface area (Å²) in [5, 5.41) is 3.42. The third-order valence-electron chi connectivity index (χ3n) is 2.99. The zero-order valence-corrected chi connectivity index (χ0v) is 15.6. The standard InChI is InChI=1S/C15H23BrN2O3.ClH/c1-4-10(3)18-8-11-6-12(16)15(21-9-14(17)19)13(7-11)20-5-2;/h6-7,10,18H,4-5,8-9H2,1-3H3,(H2,17,19);1H. The first kappa shape index (κ1) is 21.0. The minimum Gasteiger partial charge on any atom is -0.490 e. The van der Waals surface area contributed by atoms with Gasteiger partial charge in [-0.1, -0.05) is 6.92 Å². The Morgan fingerprint density at radius 3 is 2.59 bits per heavy atom. The van der Waals surface area contributed by atoms with Gasteiger partial charge in [0.1, 0.15) is 0 Å². The highest BCUT2D eigenvalue weighted by molar-refractivity contribution is 9.10. The quantitative estimate of drug-likeness (QED) is 0.674. The summed E-state index contributed by atoms with van der Waals surface area (Å²) >= 11 is 3.46. The molecule has 7 heteroatoms. The molecular weight excluding hydrogens is 372 g/mol. The van der Waals surface area contributed by atoms with E-state index in [1.807, 2.05) is 19.1 Å². The fourth-order valence-corrected chi connectivity index (χ4v) is 2.31. The summed E-state index contributed by atoms with van der Waals surface area (Å²) in [7, 11) is 0. The lowest BCUT2D eigenvalue weighted by atomic mass is 10.1. The van der Waals surface area contributed by atoms with Gasteiger partial charge in [0.05, 0.1) is 11.1 Å². The highest BCUT2D eigenvalue weighted by atomic mass is 79.9. The lowest BCUT2D eigenvalue weighted by Gasteiger charge is -2.16. The highest BCUT2D eigenvalue weighted by Crippen LogP contribution is 2.37. The zero-order valence-electron chi connectivity index (χ0n) is 13.1. The number of hydrogen-bond acceptors (Lipinski definition) is 4. The van der Waals surface area contributed by atoms with Crippen molar-refractivity contribution in [1.82, 2.24) is 5.32 Å². The lowest BCUT2D eigenvalue weighted by molar-refractivity contribution is -0.119. The van der Waals surface area contributed by atoms with E-state index in [1.54, 1.807) is 0 Å². The summed E-state index contributed by atoms with van der Waals surface area (Å²) in [6.45, 7) is 7.26. The number of ether oxygens (including phenoxy) is 2. The maximum absolute atomic E-state index is 10.9. The van der Waals surface area contributed by atoms with Gasteiger partial charge in [0.2, 0.25) is 0 Å². The molecule has 0 radical (unpaired) electrons. The molecule has 0 bridgehead atoms. The van der Waals surface area contributed by atoms with Crippen LogP contribution in [0.25, 0.3) is 0 Å². The van der Waals surface area contributed by atoms with Crippen LogP contribution in [-0.4, -0.2) is 25.2 Å². The van der Waals surface area contributed by atoms with Gasteiger partial charge in [-0.05, 0) is 53.9 Å². The van der Waals surface area contributed by atoms with E-state index < -0.39 is 5.91 Å². The molecular formula is C15H24BrClN2O3. The molecule has 0 aliphatic carbocycles. The third-order valence-corrected chi connectivity index (χ3v) is 3.58. The van der Waals surface area contributed by atoms with Crippen molar-refractivity contribution in [3.05, 3.63) is 22.2 Å². The van der Waals surface area contributed by atoms with Gasteiger partial charge in [-0.15, -0.1) is 12.4 Å². The molecule has 5 nitrogen and oxygen atoms in total. The molecule has 0 spiro atoms. The third kappa shape index (κ3) is 6.85. The number of nitrogens with two attached hydrogens (primary N) is 1. The van der Waals surface area contributed by atoms with E-state index in [4.69, 9.17) is 15.2 Å². The van der Waals surface area contributed by atoms with Crippen molar-refractivity contribution in [2.75, 3.05) is 13.2 Å². The number of hydrogen-bond donors (Lipinski definition) is 2. The number of nitrogens with one attached hydrogen (secondary N) is 1. The fraction of sp³-hybridized carbons (Fsp3) is 0.533. The first-order valence-electron chi connectivity index (χ1n) is 7.07. The van der Waals surface area contributed by atoms with Gasteiger partial charge in [-0.2, -0.15) is 0 Å². The Labute approximate surface area is 146 Å². The van der Waals surface area contributed by atoms with E-state index in [1.165, 1.54) is 0 Å². The lowest BCUT2D eigenvalue weighted by Crippen LogP contribution is -2.24. The molecule has 3 N–H and O–H groups in total. The van der Waals surface area contributed by atoms with Crippen molar-refractivity contribution in [1.29, 1.82) is 0 Å². The zero-order chi connectivity index (χ0) is 15.8. The Hall–Kier alpha value is -0.980. The molecule has 22 heavy (non-hydrogen) atoms. The summed E-state index contributed by atoms with van der Waals surface area (Å²) in [4.78, 5) is 10.9. The molecule has 0 aromatic heterocycles. The topological polar surface area (TPSA) is 73.6 Å². The SMILES string of the molecule is CCOc1cc(CNC(C)CC)cc(Br)c1OCC(N)=O.Cl. The average molecular weight is 396 g/mol. The largest absolute Gasteiger partial charge is 0.490 e. The van der Waals surface area contributed by atoms with Crippen LogP contribution in [0.2, 0.25) is 0 Å². The van der Waals surface area contributed by atoms with E-state index in [0.29, 0.717) is 24.1 Å². The Balaban J connectivity index is 0.00000441. The molecule has 126 valence electrons. The number of carbonyl (C=O) groups is 1. The average Bonchev–Trinajstić information content (AvgIpc) is 2.43. The summed E-state index contributed by atoms with van der Waals surface area (Å²) in [5.74, 6) is 0.587. The normalized spacial score (nSPS) is 11.5. The van der Waals surface area contributed by atoms with E-state index in [-0.39, 0.29) is 19.0 Å². The molecule has 0 aliphatic heterocycles. The van der Waals surface area contributed by atoms with Crippen LogP contribution < -0.4 is 20.5 Å². The van der Waals surface area contributed by atoms with Crippen molar-refractivity contribution >= 4 is 34.2 Å². The minimum absolute atomic E-state index is 0. The van der Waals surface area contributed by atoms with Gasteiger partial charge in [-0.25, -0.2) is 0 Å². The molecule has 0 saturated heterocycles. The maximum atomic E-state index is 10.9. The molecule has 1 rings (SSSR count). The summed E-state index contributed by atoms with van der Waals surface area (Å²) in [6, 6.07) is 4.32. The summed E-state index contributed by atoms with van der Waals surface area (Å²) in [5.41, 5.74) is 6.19. The van der Waals surface area contributed by atoms with Crippen LogP contribution >= 0.6 is 28.3 Å². The van der Waals surface area contributed by atoms with E-state index in [2.05, 4.69) is 35.1 Å². The second-order valence-electron chi connectivity index (χ2n) is 4.78. The van der Waals surface area contributed by atoms with Crippen LogP contribution in [0.1, 0.15) is 32.8 Å². The van der Waals surface area contributed by atoms with Crippen molar-refractivity contribution in [3.63, 3.8) is 0 Å². The molecule has 0 heterocycles. The number of rotatable bonds is 9. The van der Waals surface area contributed by atoms with Crippen molar-refractivity contribution in [2.45, 2.75) is 39.8 Å². The molecule has 1 atom stereocenters. The van der Waals surface area contributed by atoms with Crippen LogP contribution in [0.4, 0.5) is 0 Å². The first-order chi connectivity index (χ1) is 9.97. The molecule has 1 aromatic carbocycles. The predicted molar refractivity (Wildman–Crippen MR) is 93.8 cm³/mol. The monoisotopic (exact) mass is 394 g/mol. The van der Waals surface area contributed by atoms with Gasteiger partial charge >= 0.3 is 0 Å². The highest BCUT2D eigenvalue weighted by Gasteiger charge is 2.13. The van der Waals surface area contributed by atoms with E-state index in [0.717, 1.165) is 23.0 Å². The molecule has 0 aliphatic rings.